The number of aromatic amines is 1. The van der Waals surface area contributed by atoms with E-state index in [4.69, 9.17) is 9.47 Å². The highest BCUT2D eigenvalue weighted by Crippen LogP contribution is 2.39. The average Bonchev–Trinajstić information content (AvgIpc) is 2.93. The molecule has 164 valence electrons. The molecule has 0 radical (unpaired) electrons. The number of rotatable bonds is 9. The quantitative estimate of drug-likeness (QED) is 0.308. The fourth-order valence-electron chi connectivity index (χ4n) is 3.24. The van der Waals surface area contributed by atoms with Crippen molar-refractivity contribution in [2.45, 2.75) is 51.4 Å². The van der Waals surface area contributed by atoms with Gasteiger partial charge in [-0.3, -0.25) is 14.3 Å². The van der Waals surface area contributed by atoms with Crippen LogP contribution in [0.15, 0.2) is 27.4 Å². The van der Waals surface area contributed by atoms with E-state index in [2.05, 4.69) is 29.9 Å². The second-order valence-corrected chi connectivity index (χ2v) is 12.8. The van der Waals surface area contributed by atoms with Crippen molar-refractivity contribution in [1.82, 2.24) is 14.9 Å². The number of hydrogen-bond acceptors (Lipinski definition) is 6. The van der Waals surface area contributed by atoms with Gasteiger partial charge in [0.2, 0.25) is 0 Å². The molecular weight excluding hydrogens is 393 g/mol. The third kappa shape index (κ3) is 6.52. The summed E-state index contributed by atoms with van der Waals surface area (Å²) in [7, 11) is 1.48. The van der Waals surface area contributed by atoms with Crippen LogP contribution in [-0.2, 0) is 16.0 Å². The molecule has 9 heteroatoms. The first-order valence-electron chi connectivity index (χ1n) is 9.75. The lowest BCUT2D eigenvalue weighted by atomic mass is 10.1. The van der Waals surface area contributed by atoms with E-state index in [0.29, 0.717) is 25.1 Å². The number of H-pyrrole nitrogens is 1. The molecule has 1 aliphatic heterocycles. The van der Waals surface area contributed by atoms with E-state index in [1.807, 2.05) is 19.9 Å². The third-order valence-corrected chi connectivity index (χ3v) is 6.36. The third-order valence-electron chi connectivity index (χ3n) is 4.89. The molecule has 1 unspecified atom stereocenters. The normalized spacial score (nSPS) is 24.6. The smallest absolute Gasteiger partial charge is 0.330 e. The number of hydrogen-bond donors (Lipinski definition) is 3. The molecule has 0 aromatic carbocycles. The van der Waals surface area contributed by atoms with Gasteiger partial charge in [-0.1, -0.05) is 11.6 Å². The second-order valence-electron chi connectivity index (χ2n) is 8.44. The van der Waals surface area contributed by atoms with E-state index < -0.39 is 42.7 Å². The van der Waals surface area contributed by atoms with Crippen LogP contribution in [0.5, 0.6) is 0 Å². The zero-order chi connectivity index (χ0) is 21.8. The molecule has 29 heavy (non-hydrogen) atoms. The number of aliphatic hydroxyl groups excluding tert-OH is 1. The van der Waals surface area contributed by atoms with Gasteiger partial charge in [0.25, 0.3) is 5.56 Å². The Morgan fingerprint density at radius 1 is 1.45 bits per heavy atom. The van der Waals surface area contributed by atoms with Crippen LogP contribution in [0.4, 0.5) is 0 Å². The average molecular weight is 427 g/mol. The molecule has 1 aliphatic rings. The number of allylic oxidation sites excluding steroid dienone is 1. The van der Waals surface area contributed by atoms with E-state index in [1.54, 1.807) is 0 Å². The molecule has 3 N–H and O–H groups in total. The van der Waals surface area contributed by atoms with Crippen LogP contribution in [-0.4, -0.2) is 72.4 Å². The number of aromatic nitrogens is 2. The maximum Gasteiger partial charge on any atom is 0.330 e. The minimum absolute atomic E-state index is 0.302. The van der Waals surface area contributed by atoms with Crippen molar-refractivity contribution in [2.75, 3.05) is 33.1 Å². The SMILES string of the molecule is C=P(C)(C)CCC1O[C@@H](n2cc(CNCC=C(C)C)c(=O)[nH]c2=O)[C@H](OC)[C@@H]1O. The summed E-state index contributed by atoms with van der Waals surface area (Å²) in [4.78, 5) is 27.0. The maximum atomic E-state index is 12.4. The highest BCUT2D eigenvalue weighted by atomic mass is 31.2. The zero-order valence-electron chi connectivity index (χ0n) is 18.0. The fourth-order valence-corrected chi connectivity index (χ4v) is 4.19. The Balaban J connectivity index is 2.23. The highest BCUT2D eigenvalue weighted by Gasteiger charge is 2.45. The summed E-state index contributed by atoms with van der Waals surface area (Å²) in [5.74, 6) is 0. The first-order valence-corrected chi connectivity index (χ1v) is 12.8. The van der Waals surface area contributed by atoms with Crippen molar-refractivity contribution in [3.05, 3.63) is 44.2 Å². The molecule has 0 amide bonds. The van der Waals surface area contributed by atoms with Crippen molar-refractivity contribution >= 4 is 13.2 Å². The van der Waals surface area contributed by atoms with Gasteiger partial charge in [-0.15, -0.1) is 13.2 Å². The van der Waals surface area contributed by atoms with Gasteiger partial charge in [-0.2, -0.15) is 0 Å². The monoisotopic (exact) mass is 427 g/mol. The minimum atomic E-state index is -1.27. The molecule has 8 nitrogen and oxygen atoms in total. The van der Waals surface area contributed by atoms with Gasteiger partial charge >= 0.3 is 5.69 Å². The standard InChI is InChI=1S/C20H34N3O5P/c1-13(2)7-9-21-11-14-12-23(20(26)22-18(14)25)19-17(27-3)16(24)15(28-19)8-10-29(4,5)6/h7,12,15-17,19,21,24H,4,8-11H2,1-3,5-6H3,(H,22,25,26)/t15?,16-,17-,19-/m1/s1. The van der Waals surface area contributed by atoms with Gasteiger partial charge in [-0.25, -0.2) is 4.79 Å². The Hall–Kier alpha value is -1.44. The predicted octanol–water partition coefficient (Wildman–Crippen LogP) is 0.965. The van der Waals surface area contributed by atoms with Crippen LogP contribution < -0.4 is 16.6 Å². The maximum absolute atomic E-state index is 12.4. The summed E-state index contributed by atoms with van der Waals surface area (Å²) in [6.45, 7) is 7.89. The van der Waals surface area contributed by atoms with Crippen LogP contribution in [0, 0.1) is 0 Å². The Morgan fingerprint density at radius 2 is 2.14 bits per heavy atom. The molecule has 1 aromatic rings. The molecule has 2 heterocycles. The molecule has 4 atom stereocenters. The molecule has 0 spiro atoms. The Kier molecular flexibility index (Phi) is 8.26. The van der Waals surface area contributed by atoms with E-state index in [-0.39, 0.29) is 0 Å². The number of ether oxygens (including phenoxy) is 2. The van der Waals surface area contributed by atoms with Crippen molar-refractivity contribution in [2.24, 2.45) is 0 Å². The van der Waals surface area contributed by atoms with Gasteiger partial charge in [0.1, 0.15) is 12.2 Å². The molecule has 1 saturated heterocycles. The van der Waals surface area contributed by atoms with E-state index in [0.717, 1.165) is 6.16 Å². The summed E-state index contributed by atoms with van der Waals surface area (Å²) in [6, 6.07) is 0. The van der Waals surface area contributed by atoms with Crippen molar-refractivity contribution in [3.63, 3.8) is 0 Å². The van der Waals surface area contributed by atoms with Gasteiger partial charge < -0.3 is 19.9 Å². The minimum Gasteiger partial charge on any atom is -0.388 e. The Bertz CT molecular complexity index is 881. The first-order chi connectivity index (χ1) is 13.5. The Morgan fingerprint density at radius 3 is 2.72 bits per heavy atom. The molecule has 0 aliphatic carbocycles. The van der Waals surface area contributed by atoms with Crippen molar-refractivity contribution in [1.29, 1.82) is 0 Å². The molecule has 1 aromatic heterocycles. The largest absolute Gasteiger partial charge is 0.388 e. The van der Waals surface area contributed by atoms with Crippen LogP contribution in [0.3, 0.4) is 0 Å². The second kappa shape index (κ2) is 10.0. The predicted molar refractivity (Wildman–Crippen MR) is 119 cm³/mol. The van der Waals surface area contributed by atoms with E-state index >= 15 is 0 Å². The lowest BCUT2D eigenvalue weighted by molar-refractivity contribution is -0.0542. The molecule has 1 fully saturated rings. The molecular formula is C20H34N3O5P. The first kappa shape index (κ1) is 23.8. The van der Waals surface area contributed by atoms with E-state index in [1.165, 1.54) is 23.4 Å². The van der Waals surface area contributed by atoms with Crippen LogP contribution in [0.1, 0.15) is 32.1 Å². The molecule has 0 saturated carbocycles. The Labute approximate surface area is 171 Å². The summed E-state index contributed by atoms with van der Waals surface area (Å²) in [6.07, 6.45) is 6.35. The zero-order valence-corrected chi connectivity index (χ0v) is 18.9. The van der Waals surface area contributed by atoms with E-state index in [9.17, 15) is 14.7 Å². The summed E-state index contributed by atoms with van der Waals surface area (Å²) in [5.41, 5.74) is 0.552. The lowest BCUT2D eigenvalue weighted by Gasteiger charge is -2.21. The summed E-state index contributed by atoms with van der Waals surface area (Å²) < 4.78 is 12.8. The summed E-state index contributed by atoms with van der Waals surface area (Å²) in [5, 5.41) is 13.8. The molecule has 2 rings (SSSR count). The number of nitrogens with zero attached hydrogens (tertiary/aromatic N) is 1. The van der Waals surface area contributed by atoms with Gasteiger partial charge in [0.05, 0.1) is 6.10 Å². The van der Waals surface area contributed by atoms with Crippen LogP contribution >= 0.6 is 6.89 Å². The summed E-state index contributed by atoms with van der Waals surface area (Å²) >= 11 is 0. The van der Waals surface area contributed by atoms with Crippen molar-refractivity contribution in [3.8, 4) is 0 Å². The topological polar surface area (TPSA) is 106 Å². The van der Waals surface area contributed by atoms with Gasteiger partial charge in [-0.05, 0) is 39.8 Å². The fraction of sp³-hybridized carbons (Fsp3) is 0.650. The van der Waals surface area contributed by atoms with Crippen LogP contribution in [0.2, 0.25) is 0 Å². The highest BCUT2D eigenvalue weighted by molar-refractivity contribution is 7.72. The number of aliphatic hydroxyl groups is 1. The van der Waals surface area contributed by atoms with Gasteiger partial charge in [0, 0.05) is 32.0 Å². The van der Waals surface area contributed by atoms with Crippen LogP contribution in [0.25, 0.3) is 0 Å². The number of nitrogens with one attached hydrogen (secondary N) is 2. The number of methoxy groups -OCH3 is 1. The molecule has 0 bridgehead atoms. The lowest BCUT2D eigenvalue weighted by Crippen LogP contribution is -2.40. The van der Waals surface area contributed by atoms with Gasteiger partial charge in [0.15, 0.2) is 6.23 Å². The van der Waals surface area contributed by atoms with Crippen molar-refractivity contribution < 1.29 is 14.6 Å².